The fraction of sp³-hybridized carbons (Fsp3) is 0.0200. The molecule has 8 aromatic carbocycles. The molecule has 0 aliphatic heterocycles. The lowest BCUT2D eigenvalue weighted by atomic mass is 9.98. The van der Waals surface area contributed by atoms with Crippen molar-refractivity contribution in [3.8, 4) is 45.3 Å². The number of hydrogen-bond donors (Lipinski definition) is 0. The summed E-state index contributed by atoms with van der Waals surface area (Å²) in [6, 6.07) is 55.2. The fourth-order valence-electron chi connectivity index (χ4n) is 7.57. The molecule has 254 valence electrons. The average Bonchev–Trinajstić information content (AvgIpc) is 3.62. The van der Waals surface area contributed by atoms with Crippen molar-refractivity contribution in [2.75, 3.05) is 0 Å². The first kappa shape index (κ1) is 31.6. The SMILES string of the molecule is C/C=C\C=C/c1cccc2ccc(-c3nc(-c4ccc(-c5cccc6oc7ccccc7c56)cc4)nc(-c4ccc5ccc6ccccc6c5c4)n3)cc12. The molecule has 0 saturated heterocycles. The van der Waals surface area contributed by atoms with Crippen LogP contribution in [0.3, 0.4) is 0 Å². The molecule has 4 nitrogen and oxygen atoms in total. The zero-order valence-corrected chi connectivity index (χ0v) is 29.6. The molecule has 0 aliphatic carbocycles. The van der Waals surface area contributed by atoms with Crippen molar-refractivity contribution in [2.24, 2.45) is 0 Å². The molecule has 0 unspecified atom stereocenters. The van der Waals surface area contributed by atoms with Crippen molar-refractivity contribution in [3.05, 3.63) is 182 Å². The molecule has 0 aliphatic rings. The van der Waals surface area contributed by atoms with Crippen molar-refractivity contribution >= 4 is 60.3 Å². The van der Waals surface area contributed by atoms with Crippen molar-refractivity contribution in [1.29, 1.82) is 0 Å². The Morgan fingerprint density at radius 3 is 1.76 bits per heavy atom. The molecular weight excluding hydrogens is 659 g/mol. The van der Waals surface area contributed by atoms with Crippen LogP contribution in [0.2, 0.25) is 0 Å². The van der Waals surface area contributed by atoms with Crippen LogP contribution in [0.15, 0.2) is 180 Å². The predicted molar refractivity (Wildman–Crippen MR) is 225 cm³/mol. The molecule has 10 rings (SSSR count). The van der Waals surface area contributed by atoms with Crippen LogP contribution in [-0.4, -0.2) is 15.0 Å². The Morgan fingerprint density at radius 2 is 0.981 bits per heavy atom. The standard InChI is InChI=1S/C50H33N3O/c1-2-3-4-11-32-13-9-14-34-24-28-38(30-43(32)34)49-51-48(52-50(53-49)39-29-25-36-21-20-33-12-5-6-15-40(33)44(36)31-39)37-26-22-35(23-27-37)41-17-10-19-46-47(41)42-16-7-8-18-45(42)54-46/h2-31H,1H3/b3-2-,11-4-. The number of aromatic nitrogens is 3. The van der Waals surface area contributed by atoms with Gasteiger partial charge in [0.15, 0.2) is 17.5 Å². The maximum Gasteiger partial charge on any atom is 0.164 e. The van der Waals surface area contributed by atoms with E-state index in [1.54, 1.807) is 0 Å². The molecule has 10 aromatic rings. The van der Waals surface area contributed by atoms with E-state index < -0.39 is 0 Å². The van der Waals surface area contributed by atoms with E-state index in [0.29, 0.717) is 17.5 Å². The smallest absolute Gasteiger partial charge is 0.164 e. The van der Waals surface area contributed by atoms with Gasteiger partial charge in [-0.25, -0.2) is 15.0 Å². The van der Waals surface area contributed by atoms with E-state index >= 15 is 0 Å². The second-order valence-electron chi connectivity index (χ2n) is 13.6. The molecular formula is C50H33N3O. The zero-order valence-electron chi connectivity index (χ0n) is 29.6. The topological polar surface area (TPSA) is 51.8 Å². The van der Waals surface area contributed by atoms with Crippen molar-refractivity contribution in [3.63, 3.8) is 0 Å². The third kappa shape index (κ3) is 5.53. The summed E-state index contributed by atoms with van der Waals surface area (Å²) >= 11 is 0. The Bertz CT molecular complexity index is 3120. The van der Waals surface area contributed by atoms with E-state index in [1.165, 1.54) is 21.5 Å². The molecule has 0 atom stereocenters. The Kier molecular flexibility index (Phi) is 7.66. The highest BCUT2D eigenvalue weighted by Crippen LogP contribution is 2.38. The Labute approximate surface area is 312 Å². The van der Waals surface area contributed by atoms with Gasteiger partial charge < -0.3 is 4.42 Å². The first-order chi connectivity index (χ1) is 26.7. The maximum absolute atomic E-state index is 6.19. The van der Waals surface area contributed by atoms with Gasteiger partial charge in [0, 0.05) is 27.5 Å². The number of nitrogens with zero attached hydrogens (tertiary/aromatic N) is 3. The van der Waals surface area contributed by atoms with E-state index in [1.807, 2.05) is 37.3 Å². The number of furan rings is 1. The Hall–Kier alpha value is -7.17. The normalized spacial score (nSPS) is 12.0. The van der Waals surface area contributed by atoms with Crippen LogP contribution < -0.4 is 0 Å². The third-order valence-electron chi connectivity index (χ3n) is 10.3. The van der Waals surface area contributed by atoms with E-state index in [2.05, 4.69) is 152 Å². The highest BCUT2D eigenvalue weighted by molar-refractivity contribution is 6.12. The van der Waals surface area contributed by atoms with E-state index in [0.717, 1.165) is 66.1 Å². The van der Waals surface area contributed by atoms with Gasteiger partial charge in [0.05, 0.1) is 0 Å². The first-order valence-electron chi connectivity index (χ1n) is 18.2. The molecule has 0 spiro atoms. The Balaban J connectivity index is 1.13. The van der Waals surface area contributed by atoms with Crippen molar-refractivity contribution < 1.29 is 4.42 Å². The van der Waals surface area contributed by atoms with E-state index in [4.69, 9.17) is 19.4 Å². The van der Waals surface area contributed by atoms with E-state index in [-0.39, 0.29) is 0 Å². The largest absolute Gasteiger partial charge is 0.456 e. The van der Waals surface area contributed by atoms with Gasteiger partial charge in [-0.2, -0.15) is 0 Å². The van der Waals surface area contributed by atoms with Crippen LogP contribution >= 0.6 is 0 Å². The van der Waals surface area contributed by atoms with Crippen LogP contribution in [-0.2, 0) is 0 Å². The van der Waals surface area contributed by atoms with Gasteiger partial charge >= 0.3 is 0 Å². The summed E-state index contributed by atoms with van der Waals surface area (Å²) in [5, 5.41) is 9.28. The van der Waals surface area contributed by atoms with Crippen molar-refractivity contribution in [2.45, 2.75) is 6.92 Å². The fourth-order valence-corrected chi connectivity index (χ4v) is 7.57. The lowest BCUT2D eigenvalue weighted by Crippen LogP contribution is -2.00. The third-order valence-corrected chi connectivity index (χ3v) is 10.3. The second kappa shape index (κ2) is 13.1. The number of benzene rings is 8. The first-order valence-corrected chi connectivity index (χ1v) is 18.2. The van der Waals surface area contributed by atoms with E-state index in [9.17, 15) is 0 Å². The molecule has 54 heavy (non-hydrogen) atoms. The van der Waals surface area contributed by atoms with Crippen LogP contribution in [0.1, 0.15) is 12.5 Å². The summed E-state index contributed by atoms with van der Waals surface area (Å²) in [5.74, 6) is 1.87. The molecule has 2 aromatic heterocycles. The Morgan fingerprint density at radius 1 is 0.426 bits per heavy atom. The lowest BCUT2D eigenvalue weighted by molar-refractivity contribution is 0.669. The summed E-state index contributed by atoms with van der Waals surface area (Å²) in [6.07, 6.45) is 8.29. The predicted octanol–water partition coefficient (Wildman–Crippen LogP) is 13.5. The molecule has 0 amide bonds. The average molecular weight is 692 g/mol. The van der Waals surface area contributed by atoms with Gasteiger partial charge in [-0.1, -0.05) is 158 Å². The highest BCUT2D eigenvalue weighted by Gasteiger charge is 2.16. The minimum Gasteiger partial charge on any atom is -0.456 e. The number of hydrogen-bond acceptors (Lipinski definition) is 4. The highest BCUT2D eigenvalue weighted by atomic mass is 16.3. The zero-order chi connectivity index (χ0) is 36.0. The summed E-state index contributed by atoms with van der Waals surface area (Å²) in [7, 11) is 0. The second-order valence-corrected chi connectivity index (χ2v) is 13.6. The van der Waals surface area contributed by atoms with Gasteiger partial charge in [0.1, 0.15) is 11.2 Å². The van der Waals surface area contributed by atoms with Crippen LogP contribution in [0.25, 0.3) is 106 Å². The van der Waals surface area contributed by atoms with Crippen LogP contribution in [0.4, 0.5) is 0 Å². The van der Waals surface area contributed by atoms with Gasteiger partial charge in [0.25, 0.3) is 0 Å². The molecule has 4 heteroatoms. The van der Waals surface area contributed by atoms with Gasteiger partial charge in [0.2, 0.25) is 0 Å². The minimum absolute atomic E-state index is 0.618. The van der Waals surface area contributed by atoms with Gasteiger partial charge in [-0.3, -0.25) is 0 Å². The molecule has 0 fully saturated rings. The molecule has 0 bridgehead atoms. The number of allylic oxidation sites excluding steroid dienone is 3. The minimum atomic E-state index is 0.618. The molecule has 0 N–H and O–H groups in total. The summed E-state index contributed by atoms with van der Waals surface area (Å²) in [6.45, 7) is 2.02. The molecule has 2 heterocycles. The number of rotatable bonds is 6. The monoisotopic (exact) mass is 691 g/mol. The maximum atomic E-state index is 6.19. The summed E-state index contributed by atoms with van der Waals surface area (Å²) in [4.78, 5) is 15.4. The number of para-hydroxylation sites is 1. The number of fused-ring (bicyclic) bond motifs is 7. The quantitative estimate of drug-likeness (QED) is 0.129. The van der Waals surface area contributed by atoms with Crippen molar-refractivity contribution in [1.82, 2.24) is 15.0 Å². The summed E-state index contributed by atoms with van der Waals surface area (Å²) in [5.41, 5.74) is 7.91. The van der Waals surface area contributed by atoms with Gasteiger partial charge in [-0.15, -0.1) is 0 Å². The molecule has 0 radical (unpaired) electrons. The summed E-state index contributed by atoms with van der Waals surface area (Å²) < 4.78 is 6.19. The van der Waals surface area contributed by atoms with Crippen LogP contribution in [0, 0.1) is 0 Å². The molecule has 0 saturated carbocycles. The lowest BCUT2D eigenvalue weighted by Gasteiger charge is -2.11. The van der Waals surface area contributed by atoms with Gasteiger partial charge in [-0.05, 0) is 80.2 Å². The van der Waals surface area contributed by atoms with Crippen LogP contribution in [0.5, 0.6) is 0 Å².